The van der Waals surface area contributed by atoms with Gasteiger partial charge in [0.25, 0.3) is 0 Å². The highest BCUT2D eigenvalue weighted by Gasteiger charge is 2.41. The Bertz CT molecular complexity index is 4780. The molecule has 0 spiro atoms. The van der Waals surface area contributed by atoms with E-state index in [4.69, 9.17) is 28.7 Å². The summed E-state index contributed by atoms with van der Waals surface area (Å²) >= 11 is 0. The number of carbonyl (C=O) groups excluding carboxylic acids is 18. The molecule has 0 radical (unpaired) electrons. The number of hydrogen-bond donors (Lipinski definition) is 27. The van der Waals surface area contributed by atoms with Crippen LogP contribution in [0.15, 0.2) is 85.7 Å². The van der Waals surface area contributed by atoms with Crippen LogP contribution in [-0.2, 0) is 126 Å². The molecule has 0 aliphatic heterocycles. The molecule has 16 atom stereocenters. The van der Waals surface area contributed by atoms with Crippen molar-refractivity contribution in [3.8, 4) is 0 Å². The first kappa shape index (κ1) is 117. The third kappa shape index (κ3) is 42.8. The number of carboxylic acid groups (broad SMARTS) is 3. The number of nitrogens with two attached hydrogens (primary N) is 5. The van der Waals surface area contributed by atoms with Crippen molar-refractivity contribution in [2.24, 2.45) is 52.3 Å². The van der Waals surface area contributed by atoms with Crippen LogP contribution in [0.25, 0.3) is 0 Å². The average Bonchev–Trinajstić information content (AvgIpc) is 1.56. The standard InChI is InChI=1S/C89H135N25O25/c1-45(2)32-58(106-75(124)54(24-16-18-30-90)103-76(125)55(26-28-66(92)116)104-80(129)61(35-52-39-95-43-98-52)108-81(130)62(36-53-40-96-44-99-53)111-86(135)71(94)46(3)4)83(132)114-73(48(7)8)88(137)112-60(34-51-22-14-11-15-23-51)79(128)107-59(33-50-20-12-10-13-21-50)78(127)100-49(9)74(123)102-56(27-29-69(119)120)77(126)110-64(38-70(121)122)84(133)113-72(47(5)6)87(136)97-41-68(118)101-65(42-115)85(134)109-63(37-67(93)117)82(131)105-57(89(138)139)25-17-19-31-91/h10-15,20-23,39-40,43-49,54-65,71-73,115H,16-19,24-38,41-42,90-91,94H2,1-9H3,(H2,92,116)(H2,93,117)(H,95,98)(H,96,99)(H,97,136)(H,100,127)(H,101,118)(H,102,123)(H,103,125)(H,104,129)(H,105,131)(H,106,124)(H,107,128)(H,108,130)(H,109,134)(H,110,126)(H,111,135)(H,112,137)(H,113,133)(H,114,132)(H,119,120)(H,121,122)(H,138,139)/t49-,54-,55-,56-,57-,58-,59-,60-,61-,62-,63-,64-,65?,71-,72-,73-/m0/s1. The Labute approximate surface area is 801 Å². The summed E-state index contributed by atoms with van der Waals surface area (Å²) in [5, 5.41) is 78.6. The summed E-state index contributed by atoms with van der Waals surface area (Å²) in [6.45, 7) is 12.2. The van der Waals surface area contributed by atoms with Gasteiger partial charge < -0.3 is 144 Å². The van der Waals surface area contributed by atoms with Crippen molar-refractivity contribution < 1.29 is 121 Å². The fraction of sp³-hybridized carbons (Fsp3) is 0.562. The molecule has 18 amide bonds. The van der Waals surface area contributed by atoms with Crippen molar-refractivity contribution in [2.45, 2.75) is 268 Å². The second kappa shape index (κ2) is 60.2. The zero-order valence-electron chi connectivity index (χ0n) is 79.1. The van der Waals surface area contributed by atoms with Gasteiger partial charge in [-0.15, -0.1) is 0 Å². The Morgan fingerprint density at radius 3 is 1.14 bits per heavy atom. The molecule has 139 heavy (non-hydrogen) atoms. The number of amides is 18. The first-order chi connectivity index (χ1) is 65.6. The van der Waals surface area contributed by atoms with Crippen LogP contribution in [0.2, 0.25) is 0 Å². The summed E-state index contributed by atoms with van der Waals surface area (Å²) in [4.78, 5) is 301. The summed E-state index contributed by atoms with van der Waals surface area (Å²) in [5.41, 5.74) is 30.0. The van der Waals surface area contributed by atoms with Gasteiger partial charge in [0.15, 0.2) is 0 Å². The number of nitrogens with one attached hydrogen (secondary N) is 18. The second-order valence-electron chi connectivity index (χ2n) is 34.8. The van der Waals surface area contributed by atoms with Gasteiger partial charge in [0, 0.05) is 62.3 Å². The van der Waals surface area contributed by atoms with Crippen molar-refractivity contribution in [3.63, 3.8) is 0 Å². The van der Waals surface area contributed by atoms with Gasteiger partial charge in [-0.05, 0) is 113 Å². The van der Waals surface area contributed by atoms with Gasteiger partial charge >= 0.3 is 17.9 Å². The van der Waals surface area contributed by atoms with Crippen molar-refractivity contribution in [2.75, 3.05) is 26.2 Å². The number of aromatic nitrogens is 4. The van der Waals surface area contributed by atoms with Gasteiger partial charge in [-0.2, -0.15) is 0 Å². The van der Waals surface area contributed by atoms with E-state index >= 15 is 4.79 Å². The third-order valence-corrected chi connectivity index (χ3v) is 21.7. The SMILES string of the molecule is CC(C)C[C@H](NC(=O)[C@H](CCCCN)NC(=O)[C@H](CCC(N)=O)NC(=O)[C@H](Cc1cnc[nH]1)NC(=O)[C@H](Cc1cnc[nH]1)NC(=O)[C@@H](N)C(C)C)C(=O)N[C@H](C(=O)N[C@@H](Cc1ccccc1)C(=O)N[C@@H](Cc1ccccc1)C(=O)N[C@@H](C)C(=O)N[C@@H](CCC(=O)O)C(=O)N[C@@H](CC(=O)O)C(=O)N[C@H](C(=O)NCC(=O)NC(CO)C(=O)N[C@@H](CC(N)=O)C(=O)N[C@@H](CCCCN)C(=O)O)C(C)C)C(C)C. The van der Waals surface area contributed by atoms with Crippen molar-refractivity contribution in [1.29, 1.82) is 0 Å². The maximum absolute atomic E-state index is 15.1. The molecule has 4 rings (SSSR count). The van der Waals surface area contributed by atoms with Gasteiger partial charge in [-0.25, -0.2) is 14.8 Å². The number of unbranched alkanes of at least 4 members (excludes halogenated alkanes) is 2. The van der Waals surface area contributed by atoms with E-state index in [0.717, 1.165) is 6.92 Å². The van der Waals surface area contributed by atoms with E-state index in [-0.39, 0.29) is 82.7 Å². The lowest BCUT2D eigenvalue weighted by Crippen LogP contribution is -2.62. The van der Waals surface area contributed by atoms with Crippen LogP contribution in [0.1, 0.15) is 168 Å². The molecule has 1 unspecified atom stereocenters. The fourth-order valence-electron chi connectivity index (χ4n) is 13.9. The van der Waals surface area contributed by atoms with E-state index in [1.807, 2.05) is 0 Å². The van der Waals surface area contributed by atoms with Gasteiger partial charge in [0.2, 0.25) is 106 Å². The molecular weight excluding hydrogens is 1820 g/mol. The Morgan fingerprint density at radius 1 is 0.353 bits per heavy atom. The number of carboxylic acids is 3. The van der Waals surface area contributed by atoms with Crippen molar-refractivity contribution in [1.82, 2.24) is 105 Å². The van der Waals surface area contributed by atoms with Gasteiger partial charge in [-0.1, -0.05) is 116 Å². The lowest BCUT2D eigenvalue weighted by atomic mass is 9.98. The van der Waals surface area contributed by atoms with E-state index in [1.54, 1.807) is 102 Å². The summed E-state index contributed by atoms with van der Waals surface area (Å²) in [6, 6.07) is -9.29. The molecule has 766 valence electrons. The molecule has 2 aromatic heterocycles. The topological polar surface area (TPSA) is 819 Å². The van der Waals surface area contributed by atoms with Crippen LogP contribution in [0.5, 0.6) is 0 Å². The molecule has 32 N–H and O–H groups in total. The number of rotatable bonds is 65. The predicted octanol–water partition coefficient (Wildman–Crippen LogP) is -7.03. The molecule has 0 saturated heterocycles. The summed E-state index contributed by atoms with van der Waals surface area (Å²) in [6.07, 6.45) is 0.945. The molecular formula is C89H135N25O25. The number of aliphatic carboxylic acids is 3. The zero-order chi connectivity index (χ0) is 104. The predicted molar refractivity (Wildman–Crippen MR) is 496 cm³/mol. The minimum Gasteiger partial charge on any atom is -0.481 e. The third-order valence-electron chi connectivity index (χ3n) is 21.7. The molecule has 50 heteroatoms. The molecule has 0 saturated carbocycles. The number of aromatic amines is 2. The first-order valence-electron chi connectivity index (χ1n) is 45.5. The highest BCUT2D eigenvalue weighted by molar-refractivity contribution is 6.02. The lowest BCUT2D eigenvalue weighted by Gasteiger charge is -2.30. The van der Waals surface area contributed by atoms with E-state index in [0.29, 0.717) is 35.4 Å². The van der Waals surface area contributed by atoms with Crippen molar-refractivity contribution >= 4 is 124 Å². The largest absolute Gasteiger partial charge is 0.481 e. The number of benzene rings is 2. The Morgan fingerprint density at radius 2 is 0.719 bits per heavy atom. The number of aliphatic hydroxyl groups excluding tert-OH is 1. The Kier molecular flexibility index (Phi) is 50.6. The number of aliphatic hydroxyl groups is 1. The maximum Gasteiger partial charge on any atom is 0.326 e. The van der Waals surface area contributed by atoms with Gasteiger partial charge in [0.1, 0.15) is 90.6 Å². The molecule has 50 nitrogen and oxygen atoms in total. The Hall–Kier alpha value is -14.4. The van der Waals surface area contributed by atoms with Crippen LogP contribution in [0.3, 0.4) is 0 Å². The smallest absolute Gasteiger partial charge is 0.326 e. The quantitative estimate of drug-likeness (QED) is 0.0183. The normalized spacial score (nSPS) is 14.7. The fourth-order valence-corrected chi connectivity index (χ4v) is 13.9. The molecule has 2 heterocycles. The number of carbonyl (C=O) groups is 21. The van der Waals surface area contributed by atoms with Crippen LogP contribution in [-0.4, -0.2) is 288 Å². The average molecular weight is 1960 g/mol. The van der Waals surface area contributed by atoms with Crippen LogP contribution >= 0.6 is 0 Å². The minimum atomic E-state index is -2.10. The summed E-state index contributed by atoms with van der Waals surface area (Å²) < 4.78 is 0. The zero-order valence-corrected chi connectivity index (χ0v) is 79.1. The first-order valence-corrected chi connectivity index (χ1v) is 45.5. The number of imidazole rings is 2. The van der Waals surface area contributed by atoms with Gasteiger partial charge in [0.05, 0.1) is 44.7 Å². The second-order valence-corrected chi connectivity index (χ2v) is 34.8. The number of H-pyrrole nitrogens is 2. The van der Waals surface area contributed by atoms with Crippen LogP contribution < -0.4 is 114 Å². The monoisotopic (exact) mass is 1950 g/mol. The summed E-state index contributed by atoms with van der Waals surface area (Å²) in [5.74, 6) is -25.9. The van der Waals surface area contributed by atoms with Crippen LogP contribution in [0, 0.1) is 23.7 Å². The molecule has 2 aromatic carbocycles. The summed E-state index contributed by atoms with van der Waals surface area (Å²) in [7, 11) is 0. The minimum absolute atomic E-state index is 0.0755. The van der Waals surface area contributed by atoms with E-state index in [1.165, 1.54) is 38.9 Å². The highest BCUT2D eigenvalue weighted by Crippen LogP contribution is 2.17. The van der Waals surface area contributed by atoms with E-state index in [2.05, 4.69) is 105 Å². The lowest BCUT2D eigenvalue weighted by molar-refractivity contribution is -0.143. The van der Waals surface area contributed by atoms with E-state index in [9.17, 15) is 116 Å². The van der Waals surface area contributed by atoms with E-state index < -0.39 is 284 Å². The maximum atomic E-state index is 15.1. The molecule has 4 aromatic rings. The number of nitrogens with zero attached hydrogens (tertiary/aromatic N) is 2. The molecule has 0 fully saturated rings. The number of primary amides is 2. The van der Waals surface area contributed by atoms with Crippen molar-refractivity contribution in [3.05, 3.63) is 108 Å². The highest BCUT2D eigenvalue weighted by atomic mass is 16.4. The molecule has 0 aliphatic rings. The molecule has 0 bridgehead atoms. The number of hydrogen-bond acceptors (Lipinski definition) is 27. The Balaban J connectivity index is 1.58. The van der Waals surface area contributed by atoms with Gasteiger partial charge in [-0.3, -0.25) is 95.9 Å². The van der Waals surface area contributed by atoms with Crippen LogP contribution in [0.4, 0.5) is 0 Å². The molecule has 0 aliphatic carbocycles.